The monoisotopic (exact) mass is 253 g/mol. The van der Waals surface area contributed by atoms with Crippen LogP contribution in [0.1, 0.15) is 42.5 Å². The molecular weight excluding hydrogens is 238 g/mol. The molecule has 1 amide bonds. The maximum Gasteiger partial charge on any atom is 0.256 e. The zero-order valence-corrected chi connectivity index (χ0v) is 10.4. The molecule has 0 aromatic carbocycles. The van der Waals surface area contributed by atoms with E-state index in [-0.39, 0.29) is 11.1 Å². The van der Waals surface area contributed by atoms with Crippen molar-refractivity contribution >= 4 is 17.5 Å². The fraction of sp³-hybridized carbons (Fsp3) is 0.462. The molecule has 0 saturated heterocycles. The van der Waals surface area contributed by atoms with E-state index < -0.39 is 0 Å². The number of allylic oxidation sites excluding steroid dienone is 1. The van der Waals surface area contributed by atoms with E-state index >= 15 is 0 Å². The van der Waals surface area contributed by atoms with Crippen molar-refractivity contribution in [2.75, 3.05) is 6.54 Å². The highest BCUT2D eigenvalue weighted by atomic mass is 35.5. The fourth-order valence-electron chi connectivity index (χ4n) is 2.02. The number of halogens is 1. The van der Waals surface area contributed by atoms with Gasteiger partial charge in [0.1, 0.15) is 0 Å². The van der Waals surface area contributed by atoms with Gasteiger partial charge >= 0.3 is 0 Å². The number of furan rings is 1. The predicted octanol–water partition coefficient (Wildman–Crippen LogP) is 3.55. The van der Waals surface area contributed by atoms with Crippen molar-refractivity contribution in [3.8, 4) is 0 Å². The Bertz CT molecular complexity index is 423. The molecule has 0 fully saturated rings. The van der Waals surface area contributed by atoms with Crippen LogP contribution in [0.25, 0.3) is 0 Å². The minimum absolute atomic E-state index is 0.152. The summed E-state index contributed by atoms with van der Waals surface area (Å²) < 4.78 is 4.88. The van der Waals surface area contributed by atoms with Gasteiger partial charge in [0, 0.05) is 6.54 Å². The Morgan fingerprint density at radius 2 is 2.35 bits per heavy atom. The second kappa shape index (κ2) is 5.92. The van der Waals surface area contributed by atoms with E-state index in [1.807, 2.05) is 0 Å². The third kappa shape index (κ3) is 3.37. The van der Waals surface area contributed by atoms with E-state index in [1.54, 1.807) is 6.07 Å². The largest absolute Gasteiger partial charge is 0.452 e. The molecule has 1 aromatic rings. The zero-order chi connectivity index (χ0) is 12.1. The van der Waals surface area contributed by atoms with Gasteiger partial charge in [-0.05, 0) is 49.8 Å². The average Bonchev–Trinajstić information content (AvgIpc) is 2.77. The molecule has 0 saturated carbocycles. The van der Waals surface area contributed by atoms with Crippen molar-refractivity contribution in [1.82, 2.24) is 5.32 Å². The van der Waals surface area contributed by atoms with Gasteiger partial charge in [-0.1, -0.05) is 11.6 Å². The summed E-state index contributed by atoms with van der Waals surface area (Å²) in [7, 11) is 0. The molecule has 1 aromatic heterocycles. The van der Waals surface area contributed by atoms with Crippen molar-refractivity contribution in [3.63, 3.8) is 0 Å². The molecule has 4 heteroatoms. The molecule has 1 aliphatic rings. The molecule has 2 rings (SSSR count). The minimum atomic E-state index is -0.167. The van der Waals surface area contributed by atoms with E-state index in [1.165, 1.54) is 37.5 Å². The number of hydrogen-bond donors (Lipinski definition) is 1. The van der Waals surface area contributed by atoms with Crippen LogP contribution in [0.15, 0.2) is 28.4 Å². The lowest BCUT2D eigenvalue weighted by molar-refractivity contribution is 0.0953. The topological polar surface area (TPSA) is 42.2 Å². The zero-order valence-electron chi connectivity index (χ0n) is 9.67. The van der Waals surface area contributed by atoms with Gasteiger partial charge in [-0.2, -0.15) is 0 Å². The number of nitrogens with one attached hydrogen (secondary N) is 1. The standard InChI is InChI=1S/C13H16ClNO2/c14-12-11(7-9-17-12)13(16)15-8-6-10-4-2-1-3-5-10/h4,7,9H,1-3,5-6,8H2,(H,15,16). The summed E-state index contributed by atoms with van der Waals surface area (Å²) >= 11 is 5.72. The minimum Gasteiger partial charge on any atom is -0.452 e. The average molecular weight is 254 g/mol. The van der Waals surface area contributed by atoms with Crippen LogP contribution in [-0.2, 0) is 0 Å². The van der Waals surface area contributed by atoms with Crippen LogP contribution in [0.5, 0.6) is 0 Å². The lowest BCUT2D eigenvalue weighted by Gasteiger charge is -2.12. The molecule has 1 aliphatic carbocycles. The molecular formula is C13H16ClNO2. The molecule has 3 nitrogen and oxygen atoms in total. The summed E-state index contributed by atoms with van der Waals surface area (Å²) in [6.07, 6.45) is 9.55. The second-order valence-corrected chi connectivity index (χ2v) is 4.57. The van der Waals surface area contributed by atoms with Gasteiger partial charge in [-0.25, -0.2) is 0 Å². The smallest absolute Gasteiger partial charge is 0.256 e. The highest BCUT2D eigenvalue weighted by Gasteiger charge is 2.12. The van der Waals surface area contributed by atoms with Crippen molar-refractivity contribution in [1.29, 1.82) is 0 Å². The van der Waals surface area contributed by atoms with Crippen LogP contribution in [0.4, 0.5) is 0 Å². The van der Waals surface area contributed by atoms with Crippen LogP contribution < -0.4 is 5.32 Å². The third-order valence-electron chi connectivity index (χ3n) is 2.98. The van der Waals surface area contributed by atoms with E-state index in [4.69, 9.17) is 16.0 Å². The Kier molecular flexibility index (Phi) is 4.26. The molecule has 92 valence electrons. The van der Waals surface area contributed by atoms with Gasteiger partial charge in [0.05, 0.1) is 11.8 Å². The molecule has 1 N–H and O–H groups in total. The summed E-state index contributed by atoms with van der Waals surface area (Å²) in [5.74, 6) is -0.167. The highest BCUT2D eigenvalue weighted by molar-refractivity contribution is 6.32. The van der Waals surface area contributed by atoms with Gasteiger partial charge in [0.2, 0.25) is 5.22 Å². The molecule has 0 radical (unpaired) electrons. The second-order valence-electron chi connectivity index (χ2n) is 4.22. The molecule has 17 heavy (non-hydrogen) atoms. The molecule has 0 atom stereocenters. The third-order valence-corrected chi connectivity index (χ3v) is 3.27. The normalized spacial score (nSPS) is 15.5. The summed E-state index contributed by atoms with van der Waals surface area (Å²) in [4.78, 5) is 11.7. The van der Waals surface area contributed by atoms with E-state index in [2.05, 4.69) is 11.4 Å². The van der Waals surface area contributed by atoms with E-state index in [9.17, 15) is 4.79 Å². The van der Waals surface area contributed by atoms with Crippen molar-refractivity contribution in [2.45, 2.75) is 32.1 Å². The van der Waals surface area contributed by atoms with Crippen LogP contribution in [0.3, 0.4) is 0 Å². The summed E-state index contributed by atoms with van der Waals surface area (Å²) in [5, 5.41) is 3.00. The molecule has 1 heterocycles. The summed E-state index contributed by atoms with van der Waals surface area (Å²) in [6.45, 7) is 0.659. The number of carbonyl (C=O) groups is 1. The van der Waals surface area contributed by atoms with Crippen molar-refractivity contribution in [2.24, 2.45) is 0 Å². The van der Waals surface area contributed by atoms with Crippen molar-refractivity contribution < 1.29 is 9.21 Å². The fourth-order valence-corrected chi connectivity index (χ4v) is 2.22. The SMILES string of the molecule is O=C(NCCC1=CCCCC1)c1ccoc1Cl. The van der Waals surface area contributed by atoms with Gasteiger partial charge < -0.3 is 9.73 Å². The van der Waals surface area contributed by atoms with Gasteiger partial charge in [-0.3, -0.25) is 4.79 Å². The number of hydrogen-bond acceptors (Lipinski definition) is 2. The maximum absolute atomic E-state index is 11.7. The lowest BCUT2D eigenvalue weighted by atomic mass is 9.97. The van der Waals surface area contributed by atoms with Crippen LogP contribution in [-0.4, -0.2) is 12.5 Å². The Morgan fingerprint density at radius 1 is 1.47 bits per heavy atom. The number of amides is 1. The quantitative estimate of drug-likeness (QED) is 0.834. The Hall–Kier alpha value is -1.22. The van der Waals surface area contributed by atoms with Gasteiger partial charge in [0.15, 0.2) is 0 Å². The highest BCUT2D eigenvalue weighted by Crippen LogP contribution is 2.20. The Morgan fingerprint density at radius 3 is 3.00 bits per heavy atom. The van der Waals surface area contributed by atoms with E-state index in [0.717, 1.165) is 6.42 Å². The predicted molar refractivity (Wildman–Crippen MR) is 67.2 cm³/mol. The summed E-state index contributed by atoms with van der Waals surface area (Å²) in [5.41, 5.74) is 1.86. The first-order chi connectivity index (χ1) is 8.27. The Labute approximate surface area is 106 Å². The summed E-state index contributed by atoms with van der Waals surface area (Å²) in [6, 6.07) is 1.58. The molecule has 0 unspecified atom stereocenters. The first-order valence-corrected chi connectivity index (χ1v) is 6.34. The first-order valence-electron chi connectivity index (χ1n) is 5.96. The number of carbonyl (C=O) groups excluding carboxylic acids is 1. The first kappa shape index (κ1) is 12.2. The van der Waals surface area contributed by atoms with Crippen LogP contribution in [0, 0.1) is 0 Å². The van der Waals surface area contributed by atoms with E-state index in [0.29, 0.717) is 12.1 Å². The maximum atomic E-state index is 11.7. The van der Waals surface area contributed by atoms with Gasteiger partial charge in [0.25, 0.3) is 5.91 Å². The van der Waals surface area contributed by atoms with Crippen LogP contribution >= 0.6 is 11.6 Å². The molecule has 0 bridgehead atoms. The molecule has 0 aliphatic heterocycles. The van der Waals surface area contributed by atoms with Crippen LogP contribution in [0.2, 0.25) is 5.22 Å². The lowest BCUT2D eigenvalue weighted by Crippen LogP contribution is -2.24. The number of rotatable bonds is 4. The van der Waals surface area contributed by atoms with Crippen molar-refractivity contribution in [3.05, 3.63) is 34.8 Å². The van der Waals surface area contributed by atoms with Gasteiger partial charge in [-0.15, -0.1) is 0 Å². The molecule has 0 spiro atoms. The Balaban J connectivity index is 1.77.